The Bertz CT molecular complexity index is 1240. The first-order valence-corrected chi connectivity index (χ1v) is 12.6. The standard InChI is InChI=1S/C24H27N3O6S/c1-16(28)27-21-11-10-18(34(31,32)26-12-6-3-7-13-26)14-17(21)15-22(27)23(29)25-20-9-5-4-8-19(20)24(30)33-2/h4-5,8-11,14,22H,3,6-7,12-13,15H2,1-2H3,(H,25,29)/t22-/m1/s1. The zero-order valence-corrected chi connectivity index (χ0v) is 19.9. The molecule has 0 unspecified atom stereocenters. The highest BCUT2D eigenvalue weighted by atomic mass is 32.2. The fraction of sp³-hybridized carbons (Fsp3) is 0.375. The first kappa shape index (κ1) is 23.9. The van der Waals surface area contributed by atoms with E-state index in [1.165, 1.54) is 35.4 Å². The SMILES string of the molecule is COC(=O)c1ccccc1NC(=O)[C@H]1Cc2cc(S(=O)(=O)N3CCCCC3)ccc2N1C(C)=O. The third-order valence-electron chi connectivity index (χ3n) is 6.22. The maximum absolute atomic E-state index is 13.2. The average Bonchev–Trinajstić information content (AvgIpc) is 3.24. The molecule has 2 heterocycles. The molecule has 4 rings (SSSR count). The van der Waals surface area contributed by atoms with Crippen molar-refractivity contribution in [1.82, 2.24) is 4.31 Å². The second-order valence-corrected chi connectivity index (χ2v) is 10.3. The van der Waals surface area contributed by atoms with E-state index in [4.69, 9.17) is 4.74 Å². The Kier molecular flexibility index (Phi) is 6.72. The fourth-order valence-electron chi connectivity index (χ4n) is 4.54. The number of hydrogen-bond donors (Lipinski definition) is 1. The molecule has 2 aromatic carbocycles. The van der Waals surface area contributed by atoms with Gasteiger partial charge in [0.2, 0.25) is 21.8 Å². The second-order valence-electron chi connectivity index (χ2n) is 8.39. The van der Waals surface area contributed by atoms with Crippen molar-refractivity contribution in [2.75, 3.05) is 30.4 Å². The van der Waals surface area contributed by atoms with Crippen LogP contribution in [0.1, 0.15) is 42.1 Å². The molecule has 0 bridgehead atoms. The highest BCUT2D eigenvalue weighted by molar-refractivity contribution is 7.89. The minimum absolute atomic E-state index is 0.157. The van der Waals surface area contributed by atoms with Gasteiger partial charge in [0.1, 0.15) is 6.04 Å². The summed E-state index contributed by atoms with van der Waals surface area (Å²) in [5.41, 5.74) is 1.58. The third-order valence-corrected chi connectivity index (χ3v) is 8.12. The molecule has 1 saturated heterocycles. The summed E-state index contributed by atoms with van der Waals surface area (Å²) in [6, 6.07) is 10.2. The number of methoxy groups -OCH3 is 1. The van der Waals surface area contributed by atoms with Gasteiger partial charge in [-0.2, -0.15) is 4.31 Å². The third kappa shape index (κ3) is 4.43. The Balaban J connectivity index is 1.62. The molecule has 0 aliphatic carbocycles. The van der Waals surface area contributed by atoms with Crippen LogP contribution >= 0.6 is 0 Å². The molecule has 34 heavy (non-hydrogen) atoms. The van der Waals surface area contributed by atoms with Gasteiger partial charge >= 0.3 is 5.97 Å². The van der Waals surface area contributed by atoms with Gasteiger partial charge in [0, 0.05) is 32.1 Å². The number of carbonyl (C=O) groups is 3. The van der Waals surface area contributed by atoms with Crippen LogP contribution in [0, 0.1) is 0 Å². The number of para-hydroxylation sites is 1. The number of hydrogen-bond acceptors (Lipinski definition) is 6. The zero-order chi connectivity index (χ0) is 24.5. The number of sulfonamides is 1. The minimum Gasteiger partial charge on any atom is -0.465 e. The molecule has 2 aromatic rings. The van der Waals surface area contributed by atoms with Gasteiger partial charge in [-0.1, -0.05) is 18.6 Å². The summed E-state index contributed by atoms with van der Waals surface area (Å²) in [7, 11) is -2.40. The van der Waals surface area contributed by atoms with Crippen molar-refractivity contribution >= 4 is 39.2 Å². The van der Waals surface area contributed by atoms with Crippen molar-refractivity contribution < 1.29 is 27.5 Å². The van der Waals surface area contributed by atoms with Gasteiger partial charge in [0.05, 0.1) is 23.3 Å². The molecular formula is C24H27N3O6S. The Hall–Kier alpha value is -3.24. The van der Waals surface area contributed by atoms with E-state index >= 15 is 0 Å². The highest BCUT2D eigenvalue weighted by Gasteiger charge is 2.38. The number of carbonyl (C=O) groups excluding carboxylic acids is 3. The molecule has 0 aromatic heterocycles. The monoisotopic (exact) mass is 485 g/mol. The van der Waals surface area contributed by atoms with E-state index < -0.39 is 27.9 Å². The van der Waals surface area contributed by atoms with Gasteiger partial charge in [-0.25, -0.2) is 13.2 Å². The topological polar surface area (TPSA) is 113 Å². The summed E-state index contributed by atoms with van der Waals surface area (Å²) in [6.07, 6.45) is 2.83. The smallest absolute Gasteiger partial charge is 0.339 e. The lowest BCUT2D eigenvalue weighted by atomic mass is 10.1. The molecule has 10 heteroatoms. The van der Waals surface area contributed by atoms with Crippen LogP contribution in [0.15, 0.2) is 47.4 Å². The van der Waals surface area contributed by atoms with Crippen LogP contribution in [0.4, 0.5) is 11.4 Å². The molecule has 1 atom stereocenters. The van der Waals surface area contributed by atoms with E-state index in [0.29, 0.717) is 24.3 Å². The average molecular weight is 486 g/mol. The van der Waals surface area contributed by atoms with E-state index in [2.05, 4.69) is 5.32 Å². The molecule has 0 spiro atoms. The highest BCUT2D eigenvalue weighted by Crippen LogP contribution is 2.35. The number of ether oxygens (including phenoxy) is 1. The first-order valence-electron chi connectivity index (χ1n) is 11.1. The Morgan fingerprint density at radius 2 is 1.74 bits per heavy atom. The second kappa shape index (κ2) is 9.55. The van der Waals surface area contributed by atoms with Crippen LogP contribution in [0.5, 0.6) is 0 Å². The van der Waals surface area contributed by atoms with Gasteiger partial charge in [-0.3, -0.25) is 14.5 Å². The van der Waals surface area contributed by atoms with Gasteiger partial charge in [0.15, 0.2) is 0 Å². The van der Waals surface area contributed by atoms with Gasteiger partial charge in [-0.05, 0) is 48.7 Å². The van der Waals surface area contributed by atoms with Crippen molar-refractivity contribution in [3.8, 4) is 0 Å². The van der Waals surface area contributed by atoms with E-state index in [9.17, 15) is 22.8 Å². The fourth-order valence-corrected chi connectivity index (χ4v) is 6.11. The summed E-state index contributed by atoms with van der Waals surface area (Å²) in [5, 5.41) is 2.72. The molecule has 0 radical (unpaired) electrons. The largest absolute Gasteiger partial charge is 0.465 e. The van der Waals surface area contributed by atoms with Crippen molar-refractivity contribution in [3.63, 3.8) is 0 Å². The normalized spacial score (nSPS) is 18.3. The number of rotatable bonds is 5. The van der Waals surface area contributed by atoms with Gasteiger partial charge < -0.3 is 10.1 Å². The Labute approximate surface area is 198 Å². The summed E-state index contributed by atoms with van der Waals surface area (Å²) < 4.78 is 32.5. The number of piperidine rings is 1. The molecule has 9 nitrogen and oxygen atoms in total. The van der Waals surface area contributed by atoms with Crippen LogP contribution in [0.2, 0.25) is 0 Å². The lowest BCUT2D eigenvalue weighted by Crippen LogP contribution is -2.44. The number of benzene rings is 2. The number of nitrogens with one attached hydrogen (secondary N) is 1. The molecular weight excluding hydrogens is 458 g/mol. The number of esters is 1. The summed E-state index contributed by atoms with van der Waals surface area (Å²) in [6.45, 7) is 2.34. The van der Waals surface area contributed by atoms with Gasteiger partial charge in [-0.15, -0.1) is 0 Å². The van der Waals surface area contributed by atoms with Crippen LogP contribution in [-0.4, -0.2) is 56.7 Å². The molecule has 1 N–H and O–H groups in total. The summed E-state index contributed by atoms with van der Waals surface area (Å²) in [4.78, 5) is 39.3. The summed E-state index contributed by atoms with van der Waals surface area (Å²) >= 11 is 0. The molecule has 2 aliphatic rings. The number of fused-ring (bicyclic) bond motifs is 1. The molecule has 0 saturated carbocycles. The predicted molar refractivity (Wildman–Crippen MR) is 126 cm³/mol. The van der Waals surface area contributed by atoms with E-state index in [0.717, 1.165) is 19.3 Å². The molecule has 2 aliphatic heterocycles. The van der Waals surface area contributed by atoms with Crippen molar-refractivity contribution in [1.29, 1.82) is 0 Å². The molecule has 2 amide bonds. The summed E-state index contributed by atoms with van der Waals surface area (Å²) in [5.74, 6) is -1.42. The lowest BCUT2D eigenvalue weighted by Gasteiger charge is -2.26. The maximum Gasteiger partial charge on any atom is 0.339 e. The Morgan fingerprint density at radius 1 is 1.03 bits per heavy atom. The van der Waals surface area contributed by atoms with Crippen LogP contribution in [-0.2, 0) is 30.8 Å². The number of amides is 2. The van der Waals surface area contributed by atoms with Crippen LogP contribution in [0.3, 0.4) is 0 Å². The Morgan fingerprint density at radius 3 is 2.41 bits per heavy atom. The maximum atomic E-state index is 13.2. The van der Waals surface area contributed by atoms with Gasteiger partial charge in [0.25, 0.3) is 0 Å². The predicted octanol–water partition coefficient (Wildman–Crippen LogP) is 2.56. The first-order chi connectivity index (χ1) is 16.2. The number of nitrogens with zero attached hydrogens (tertiary/aromatic N) is 2. The lowest BCUT2D eigenvalue weighted by molar-refractivity contribution is -0.122. The number of anilines is 2. The molecule has 1 fully saturated rings. The van der Waals surface area contributed by atoms with E-state index in [1.54, 1.807) is 30.3 Å². The van der Waals surface area contributed by atoms with Crippen molar-refractivity contribution in [3.05, 3.63) is 53.6 Å². The minimum atomic E-state index is -3.65. The van der Waals surface area contributed by atoms with Crippen LogP contribution < -0.4 is 10.2 Å². The molecule has 180 valence electrons. The quantitative estimate of drug-likeness (QED) is 0.652. The van der Waals surface area contributed by atoms with E-state index in [-0.39, 0.29) is 28.5 Å². The van der Waals surface area contributed by atoms with Crippen molar-refractivity contribution in [2.45, 2.75) is 43.5 Å². The van der Waals surface area contributed by atoms with Crippen LogP contribution in [0.25, 0.3) is 0 Å². The van der Waals surface area contributed by atoms with Crippen molar-refractivity contribution in [2.24, 2.45) is 0 Å². The van der Waals surface area contributed by atoms with E-state index in [1.807, 2.05) is 0 Å². The zero-order valence-electron chi connectivity index (χ0n) is 19.1.